The number of para-hydroxylation sites is 1. The average molecular weight is 964 g/mol. The van der Waals surface area contributed by atoms with Gasteiger partial charge in [-0.15, -0.1) is 9.13 Å². The fourth-order valence-corrected chi connectivity index (χ4v) is 12.0. The number of pyridine rings is 1. The van der Waals surface area contributed by atoms with Crippen molar-refractivity contribution in [1.82, 2.24) is 4.57 Å². The third-order valence-corrected chi connectivity index (χ3v) is 17.1. The smallest absolute Gasteiger partial charge is 0.392 e. The summed E-state index contributed by atoms with van der Waals surface area (Å²) in [5.41, 5.74) is 23.1. The van der Waals surface area contributed by atoms with Crippen molar-refractivity contribution in [3.63, 3.8) is 0 Å². The Morgan fingerprint density at radius 3 is 1.64 bits per heavy atom. The minimum atomic E-state index is -1.13. The predicted octanol–water partition coefficient (Wildman–Crippen LogP) is 17.0. The highest BCUT2D eigenvalue weighted by molar-refractivity contribution is 6.00. The Morgan fingerprint density at radius 1 is 0.432 bits per heavy atom. The van der Waals surface area contributed by atoms with Crippen molar-refractivity contribution in [2.75, 3.05) is 0 Å². The van der Waals surface area contributed by atoms with Crippen LogP contribution in [0.3, 0.4) is 0 Å². The number of hydrogen-bond acceptors (Lipinski definition) is 1. The van der Waals surface area contributed by atoms with Gasteiger partial charge in [-0.1, -0.05) is 210 Å². The number of nitrogens with zero attached hydrogens (tertiary/aromatic N) is 3. The molecule has 0 saturated carbocycles. The third-order valence-electron chi connectivity index (χ3n) is 17.1. The van der Waals surface area contributed by atoms with E-state index in [4.69, 9.17) is 4.74 Å². The van der Waals surface area contributed by atoms with Crippen molar-refractivity contribution < 1.29 is 13.9 Å². The average Bonchev–Trinajstić information content (AvgIpc) is 3.99. The highest BCUT2D eigenvalue weighted by Crippen LogP contribution is 2.57. The number of fused-ring (bicyclic) bond motifs is 5. The third kappa shape index (κ3) is 6.66. The molecule has 0 aliphatic carbocycles. The molecular formula is C70H65N3O+2. The molecule has 364 valence electrons. The quantitative estimate of drug-likeness (QED) is 0.152. The van der Waals surface area contributed by atoms with Crippen LogP contribution in [0.5, 0.6) is 5.75 Å². The van der Waals surface area contributed by atoms with Gasteiger partial charge in [0.05, 0.1) is 5.56 Å². The summed E-state index contributed by atoms with van der Waals surface area (Å²) in [6.07, 6.45) is 2.31. The van der Waals surface area contributed by atoms with Crippen LogP contribution in [0.4, 0.5) is 0 Å². The van der Waals surface area contributed by atoms with Crippen LogP contribution in [0.1, 0.15) is 98.4 Å². The summed E-state index contributed by atoms with van der Waals surface area (Å²) in [7, 11) is 0. The van der Waals surface area contributed by atoms with Crippen LogP contribution in [-0.4, -0.2) is 4.57 Å². The number of aromatic nitrogens is 3. The molecule has 3 aliphatic heterocycles. The Hall–Kier alpha value is -7.82. The minimum absolute atomic E-state index is 0.0152. The number of rotatable bonds is 6. The summed E-state index contributed by atoms with van der Waals surface area (Å²) in [6.45, 7) is 25.9. The van der Waals surface area contributed by atoms with E-state index < -0.39 is 5.85 Å². The predicted molar refractivity (Wildman–Crippen MR) is 305 cm³/mol. The molecule has 2 aromatic heterocycles. The standard InChI is InChI=1S/C70H65N3O/c1-66(2,3)52-42-57-64(58(43-52)67(4,5)6)74-70-62-55(38-50(45-24-17-13-18-25-45)39-56(62)61-40-49(36-37-71(61)70)47-32-30-46(31-33-47)44-22-15-12-16-23-44)53-28-21-29-60-63(53)73(70)65(57)72(60)59-35-34-51(69(10,11)68(7,8)9)41-54(59)48-26-19-14-20-27-48/h12-43H,1-11H3/q+2. The summed E-state index contributed by atoms with van der Waals surface area (Å²) in [5.74, 6) is 0.903. The maximum atomic E-state index is 8.26. The van der Waals surface area contributed by atoms with Crippen LogP contribution in [0.25, 0.3) is 95.0 Å². The van der Waals surface area contributed by atoms with E-state index in [0.29, 0.717) is 0 Å². The van der Waals surface area contributed by atoms with Crippen LogP contribution in [0.2, 0.25) is 0 Å². The number of imidazole rings is 1. The molecule has 1 spiro atoms. The lowest BCUT2D eigenvalue weighted by atomic mass is 9.65. The van der Waals surface area contributed by atoms with E-state index in [1.54, 1.807) is 0 Å². The summed E-state index contributed by atoms with van der Waals surface area (Å²) < 4.78 is 15.9. The van der Waals surface area contributed by atoms with Gasteiger partial charge in [0.1, 0.15) is 16.8 Å². The zero-order chi connectivity index (χ0) is 51.3. The summed E-state index contributed by atoms with van der Waals surface area (Å²) in [6, 6.07) is 70.3. The highest BCUT2D eigenvalue weighted by Gasteiger charge is 2.69. The van der Waals surface area contributed by atoms with Gasteiger partial charge >= 0.3 is 11.7 Å². The Bertz CT molecular complexity index is 3920. The Morgan fingerprint density at radius 2 is 1.01 bits per heavy atom. The van der Waals surface area contributed by atoms with Crippen molar-refractivity contribution in [2.24, 2.45) is 5.41 Å². The van der Waals surface area contributed by atoms with Gasteiger partial charge in [0.15, 0.2) is 23.0 Å². The van der Waals surface area contributed by atoms with Gasteiger partial charge < -0.3 is 4.74 Å². The molecule has 1 atom stereocenters. The van der Waals surface area contributed by atoms with Gasteiger partial charge in [-0.2, -0.15) is 4.57 Å². The van der Waals surface area contributed by atoms with Crippen LogP contribution in [0, 0.1) is 5.41 Å². The van der Waals surface area contributed by atoms with Crippen molar-refractivity contribution in [3.8, 4) is 89.7 Å². The van der Waals surface area contributed by atoms with E-state index in [9.17, 15) is 0 Å². The van der Waals surface area contributed by atoms with Gasteiger partial charge in [-0.25, -0.2) is 0 Å². The van der Waals surface area contributed by atoms with E-state index in [0.717, 1.165) is 50.7 Å². The zero-order valence-electron chi connectivity index (χ0n) is 44.7. The molecule has 4 nitrogen and oxygen atoms in total. The lowest BCUT2D eigenvalue weighted by molar-refractivity contribution is -0.997. The first-order valence-electron chi connectivity index (χ1n) is 26.5. The fraction of sp³-hybridized carbons (Fsp3) is 0.229. The summed E-state index contributed by atoms with van der Waals surface area (Å²) >= 11 is 0. The lowest BCUT2D eigenvalue weighted by Gasteiger charge is -2.39. The fourth-order valence-electron chi connectivity index (χ4n) is 12.0. The molecular weight excluding hydrogens is 899 g/mol. The monoisotopic (exact) mass is 964 g/mol. The Balaban J connectivity index is 1.18. The number of ether oxygens (including phenoxy) is 1. The number of benzene rings is 8. The van der Waals surface area contributed by atoms with Gasteiger partial charge in [-0.05, 0) is 114 Å². The van der Waals surface area contributed by atoms with Crippen molar-refractivity contribution >= 4 is 11.0 Å². The molecule has 0 radical (unpaired) electrons. The Labute approximate surface area is 437 Å². The van der Waals surface area contributed by atoms with Crippen molar-refractivity contribution in [2.45, 2.75) is 98.3 Å². The summed E-state index contributed by atoms with van der Waals surface area (Å²) in [4.78, 5) is 0. The highest BCUT2D eigenvalue weighted by atomic mass is 16.5. The lowest BCUT2D eigenvalue weighted by Crippen LogP contribution is -2.78. The van der Waals surface area contributed by atoms with Crippen molar-refractivity contribution in [1.29, 1.82) is 0 Å². The first-order chi connectivity index (χ1) is 35.3. The topological polar surface area (TPSA) is 21.9 Å². The van der Waals surface area contributed by atoms with Gasteiger partial charge in [0.25, 0.3) is 0 Å². The van der Waals surface area contributed by atoms with E-state index in [1.165, 1.54) is 72.3 Å². The second-order valence-electron chi connectivity index (χ2n) is 24.7. The maximum Gasteiger partial charge on any atom is 0.499 e. The van der Waals surface area contributed by atoms with Crippen LogP contribution in [0.15, 0.2) is 194 Å². The molecule has 10 aromatic rings. The van der Waals surface area contributed by atoms with E-state index >= 15 is 0 Å². The van der Waals surface area contributed by atoms with E-state index in [-0.39, 0.29) is 21.7 Å². The molecule has 1 unspecified atom stereocenters. The second-order valence-corrected chi connectivity index (χ2v) is 24.7. The van der Waals surface area contributed by atoms with Crippen LogP contribution in [-0.2, 0) is 22.1 Å². The molecule has 5 heterocycles. The minimum Gasteiger partial charge on any atom is -0.392 e. The zero-order valence-corrected chi connectivity index (χ0v) is 44.7. The Kier molecular flexibility index (Phi) is 9.85. The van der Waals surface area contributed by atoms with E-state index in [1.807, 2.05) is 0 Å². The first kappa shape index (κ1) is 46.0. The molecule has 3 aliphatic rings. The molecule has 74 heavy (non-hydrogen) atoms. The van der Waals surface area contributed by atoms with Crippen LogP contribution >= 0.6 is 0 Å². The molecule has 0 N–H and O–H groups in total. The SMILES string of the molecule is CC(C)(C)c1cc2c(c(C(C)(C)C)c1)OC13c4c(cc(-c5ccccc5)cc4-c4cc(-c5ccc(-c6ccccc6)cc5)cc[n+]41)-c1cccc4c1[n+]3c-2n4-c1ccc(C(C)(C)C(C)(C)C)cc1-c1ccccc1. The molecule has 0 amide bonds. The second kappa shape index (κ2) is 15.8. The first-order valence-corrected chi connectivity index (χ1v) is 26.5. The molecule has 13 rings (SSSR count). The molecule has 8 aromatic carbocycles. The largest absolute Gasteiger partial charge is 0.499 e. The van der Waals surface area contributed by atoms with Gasteiger partial charge in [0.2, 0.25) is 5.69 Å². The molecule has 0 bridgehead atoms. The normalized spacial score (nSPS) is 15.4. The molecule has 0 fully saturated rings. The van der Waals surface area contributed by atoms with Crippen LogP contribution < -0.4 is 13.9 Å². The summed E-state index contributed by atoms with van der Waals surface area (Å²) in [5, 5.41) is 0. The maximum absolute atomic E-state index is 8.26. The molecule has 4 heteroatoms. The number of hydrogen-bond donors (Lipinski definition) is 0. The molecule has 0 saturated heterocycles. The van der Waals surface area contributed by atoms with E-state index in [2.05, 4.69) is 284 Å². The van der Waals surface area contributed by atoms with Gasteiger partial charge in [0, 0.05) is 34.4 Å². The van der Waals surface area contributed by atoms with Gasteiger partial charge in [-0.3, -0.25) is 0 Å². The van der Waals surface area contributed by atoms with Crippen molar-refractivity contribution in [3.05, 3.63) is 217 Å².